The summed E-state index contributed by atoms with van der Waals surface area (Å²) < 4.78 is 5.83. The number of benzene rings is 1. The number of nitrogens with two attached hydrogens (primary N) is 1. The Morgan fingerprint density at radius 1 is 1.24 bits per heavy atom. The molecule has 0 saturated heterocycles. The minimum absolute atomic E-state index is 0.500. The van der Waals surface area contributed by atoms with Gasteiger partial charge in [0.05, 0.1) is 0 Å². The third-order valence-electron chi connectivity index (χ3n) is 3.79. The highest BCUT2D eigenvalue weighted by Crippen LogP contribution is 2.36. The molecular formula is C14H18N2O. The highest BCUT2D eigenvalue weighted by atomic mass is 16.3. The van der Waals surface area contributed by atoms with Crippen LogP contribution in [0.3, 0.4) is 0 Å². The van der Waals surface area contributed by atoms with Crippen LogP contribution in [-0.2, 0) is 0 Å². The van der Waals surface area contributed by atoms with Crippen molar-refractivity contribution in [3.8, 4) is 0 Å². The molecule has 1 aromatic carbocycles. The predicted octanol–water partition coefficient (Wildman–Crippen LogP) is 3.70. The van der Waals surface area contributed by atoms with Gasteiger partial charge in [0.2, 0.25) is 0 Å². The van der Waals surface area contributed by atoms with E-state index in [0.717, 1.165) is 28.6 Å². The molecule has 2 N–H and O–H groups in total. The Bertz CT molecular complexity index is 524. The van der Waals surface area contributed by atoms with Gasteiger partial charge in [-0.1, -0.05) is 6.92 Å². The van der Waals surface area contributed by atoms with Crippen LogP contribution < -0.4 is 5.73 Å². The molecule has 0 atom stereocenters. The predicted molar refractivity (Wildman–Crippen MR) is 68.8 cm³/mol. The average Bonchev–Trinajstić information content (AvgIpc) is 2.72. The second kappa shape index (κ2) is 4.06. The van der Waals surface area contributed by atoms with Crippen molar-refractivity contribution in [2.45, 2.75) is 38.5 Å². The van der Waals surface area contributed by atoms with Crippen molar-refractivity contribution in [1.29, 1.82) is 0 Å². The zero-order chi connectivity index (χ0) is 11.8. The van der Waals surface area contributed by atoms with Gasteiger partial charge in [0.1, 0.15) is 5.52 Å². The fourth-order valence-electron chi connectivity index (χ4n) is 2.64. The van der Waals surface area contributed by atoms with Crippen LogP contribution in [0.2, 0.25) is 0 Å². The number of oxazole rings is 1. The molecule has 3 heteroatoms. The Labute approximate surface area is 101 Å². The maximum Gasteiger partial charge on any atom is 0.198 e. The second-order valence-electron chi connectivity index (χ2n) is 5.24. The normalized spacial score (nSPS) is 25.2. The van der Waals surface area contributed by atoms with E-state index in [0.29, 0.717) is 5.92 Å². The van der Waals surface area contributed by atoms with Crippen LogP contribution in [0.15, 0.2) is 22.6 Å². The molecule has 0 unspecified atom stereocenters. The van der Waals surface area contributed by atoms with Gasteiger partial charge in [0.25, 0.3) is 0 Å². The molecule has 0 radical (unpaired) electrons. The lowest BCUT2D eigenvalue weighted by Gasteiger charge is -2.23. The van der Waals surface area contributed by atoms with Crippen LogP contribution in [-0.4, -0.2) is 4.98 Å². The molecule has 1 aliphatic rings. The van der Waals surface area contributed by atoms with Gasteiger partial charge in [-0.3, -0.25) is 0 Å². The van der Waals surface area contributed by atoms with Crippen LogP contribution in [0.1, 0.15) is 44.4 Å². The highest BCUT2D eigenvalue weighted by molar-refractivity contribution is 5.76. The molecule has 1 aliphatic carbocycles. The number of nitrogen functional groups attached to an aromatic ring is 1. The van der Waals surface area contributed by atoms with Gasteiger partial charge in [-0.25, -0.2) is 4.98 Å². The van der Waals surface area contributed by atoms with Crippen molar-refractivity contribution in [2.24, 2.45) is 5.92 Å². The number of rotatable bonds is 1. The summed E-state index contributed by atoms with van der Waals surface area (Å²) in [6, 6.07) is 5.66. The third kappa shape index (κ3) is 2.02. The summed E-state index contributed by atoms with van der Waals surface area (Å²) in [5.74, 6) is 2.25. The van der Waals surface area contributed by atoms with Crippen LogP contribution in [0.4, 0.5) is 5.69 Å². The van der Waals surface area contributed by atoms with E-state index >= 15 is 0 Å². The van der Waals surface area contributed by atoms with Crippen molar-refractivity contribution in [3.05, 3.63) is 24.1 Å². The van der Waals surface area contributed by atoms with Gasteiger partial charge in [0.15, 0.2) is 11.5 Å². The largest absolute Gasteiger partial charge is 0.440 e. The van der Waals surface area contributed by atoms with E-state index in [-0.39, 0.29) is 0 Å². The molecule has 1 saturated carbocycles. The Hall–Kier alpha value is -1.51. The second-order valence-corrected chi connectivity index (χ2v) is 5.24. The molecular weight excluding hydrogens is 212 g/mol. The van der Waals surface area contributed by atoms with E-state index in [1.54, 1.807) is 0 Å². The molecule has 1 heterocycles. The molecule has 17 heavy (non-hydrogen) atoms. The Morgan fingerprint density at radius 2 is 2.00 bits per heavy atom. The van der Waals surface area contributed by atoms with Gasteiger partial charge in [-0.05, 0) is 43.7 Å². The summed E-state index contributed by atoms with van der Waals surface area (Å²) >= 11 is 0. The van der Waals surface area contributed by atoms with Crippen molar-refractivity contribution in [3.63, 3.8) is 0 Å². The quantitative estimate of drug-likeness (QED) is 0.760. The monoisotopic (exact) mass is 230 g/mol. The summed E-state index contributed by atoms with van der Waals surface area (Å²) in [4.78, 5) is 4.58. The van der Waals surface area contributed by atoms with E-state index < -0.39 is 0 Å². The smallest absolute Gasteiger partial charge is 0.198 e. The lowest BCUT2D eigenvalue weighted by molar-refractivity contribution is 0.312. The van der Waals surface area contributed by atoms with Crippen LogP contribution in [0.25, 0.3) is 11.1 Å². The summed E-state index contributed by atoms with van der Waals surface area (Å²) in [7, 11) is 0. The average molecular weight is 230 g/mol. The Balaban J connectivity index is 1.90. The van der Waals surface area contributed by atoms with E-state index in [4.69, 9.17) is 10.2 Å². The van der Waals surface area contributed by atoms with Crippen molar-refractivity contribution < 1.29 is 4.42 Å². The first kappa shape index (κ1) is 10.6. The fourth-order valence-corrected chi connectivity index (χ4v) is 2.64. The third-order valence-corrected chi connectivity index (χ3v) is 3.79. The number of anilines is 1. The number of hydrogen-bond donors (Lipinski definition) is 1. The van der Waals surface area contributed by atoms with Crippen LogP contribution in [0.5, 0.6) is 0 Å². The molecule has 90 valence electrons. The molecule has 1 fully saturated rings. The zero-order valence-corrected chi connectivity index (χ0v) is 10.1. The van der Waals surface area contributed by atoms with Gasteiger partial charge < -0.3 is 10.2 Å². The minimum atomic E-state index is 0.500. The van der Waals surface area contributed by atoms with Crippen molar-refractivity contribution in [2.75, 3.05) is 5.73 Å². The van der Waals surface area contributed by atoms with Gasteiger partial charge in [-0.2, -0.15) is 0 Å². The number of aromatic nitrogens is 1. The fraction of sp³-hybridized carbons (Fsp3) is 0.500. The van der Waals surface area contributed by atoms with Gasteiger partial charge in [0, 0.05) is 17.7 Å². The topological polar surface area (TPSA) is 52.0 Å². The molecule has 0 spiro atoms. The maximum absolute atomic E-state index is 5.83. The molecule has 3 nitrogen and oxygen atoms in total. The van der Waals surface area contributed by atoms with Crippen LogP contribution >= 0.6 is 0 Å². The zero-order valence-electron chi connectivity index (χ0n) is 10.1. The standard InChI is InChI=1S/C14H18N2O/c1-9-2-4-10(5-3-9)14-16-12-7-6-11(15)8-13(12)17-14/h6-10H,2-5,15H2,1H3. The summed E-state index contributed by atoms with van der Waals surface area (Å²) in [6.07, 6.45) is 4.96. The molecule has 2 aromatic rings. The lowest BCUT2D eigenvalue weighted by Crippen LogP contribution is -2.10. The summed E-state index contributed by atoms with van der Waals surface area (Å²) in [5, 5.41) is 0. The summed E-state index contributed by atoms with van der Waals surface area (Å²) in [6.45, 7) is 2.32. The van der Waals surface area contributed by atoms with E-state index in [2.05, 4.69) is 11.9 Å². The van der Waals surface area contributed by atoms with Crippen molar-refractivity contribution in [1.82, 2.24) is 4.98 Å². The SMILES string of the molecule is CC1CCC(c2nc3ccc(N)cc3o2)CC1. The molecule has 3 rings (SSSR count). The van der Waals surface area contributed by atoms with E-state index in [1.165, 1.54) is 25.7 Å². The molecule has 0 bridgehead atoms. The number of nitrogens with zero attached hydrogens (tertiary/aromatic N) is 1. The van der Waals surface area contributed by atoms with Crippen LogP contribution in [0, 0.1) is 5.92 Å². The Morgan fingerprint density at radius 3 is 2.76 bits per heavy atom. The first-order valence-electron chi connectivity index (χ1n) is 6.38. The van der Waals surface area contributed by atoms with Crippen molar-refractivity contribution >= 4 is 16.8 Å². The molecule has 0 aliphatic heterocycles. The van der Waals surface area contributed by atoms with E-state index in [1.807, 2.05) is 18.2 Å². The maximum atomic E-state index is 5.83. The lowest BCUT2D eigenvalue weighted by atomic mass is 9.83. The molecule has 1 aromatic heterocycles. The van der Waals surface area contributed by atoms with E-state index in [9.17, 15) is 0 Å². The molecule has 0 amide bonds. The number of fused-ring (bicyclic) bond motifs is 1. The minimum Gasteiger partial charge on any atom is -0.440 e. The number of hydrogen-bond acceptors (Lipinski definition) is 3. The first-order valence-corrected chi connectivity index (χ1v) is 6.38. The Kier molecular flexibility index (Phi) is 2.54. The van der Waals surface area contributed by atoms with Gasteiger partial charge >= 0.3 is 0 Å². The van der Waals surface area contributed by atoms with Gasteiger partial charge in [-0.15, -0.1) is 0 Å². The summed E-state index contributed by atoms with van der Waals surface area (Å²) in [5.41, 5.74) is 8.22. The highest BCUT2D eigenvalue weighted by Gasteiger charge is 2.23. The first-order chi connectivity index (χ1) is 8.22.